The van der Waals surface area contributed by atoms with Crippen molar-refractivity contribution < 1.29 is 23.9 Å². The number of fused-ring (bicyclic) bond motifs is 1. The molecule has 3 rings (SSSR count). The van der Waals surface area contributed by atoms with Crippen molar-refractivity contribution in [1.29, 1.82) is 0 Å². The highest BCUT2D eigenvalue weighted by Gasteiger charge is 2.28. The van der Waals surface area contributed by atoms with Gasteiger partial charge in [0.15, 0.2) is 19.0 Å². The van der Waals surface area contributed by atoms with Gasteiger partial charge in [0.05, 0.1) is 10.7 Å². The lowest BCUT2D eigenvalue weighted by molar-refractivity contribution is -0.125. The molecular formula is C21H21ClN2O5. The fraction of sp³-hybridized carbons (Fsp3) is 0.286. The van der Waals surface area contributed by atoms with Gasteiger partial charge in [-0.15, -0.1) is 0 Å². The maximum Gasteiger partial charge on any atom is 0.265 e. The van der Waals surface area contributed by atoms with Crippen LogP contribution in [0.1, 0.15) is 22.8 Å². The highest BCUT2D eigenvalue weighted by molar-refractivity contribution is 6.32. The number of ketones is 1. The van der Waals surface area contributed by atoms with Gasteiger partial charge >= 0.3 is 0 Å². The number of nitrogens with one attached hydrogen (secondary N) is 1. The number of Topliss-reactive ketones (excluding diaryl/α,β-unsaturated/α-hetero) is 1. The third-order valence-electron chi connectivity index (χ3n) is 4.35. The Labute approximate surface area is 173 Å². The number of anilines is 1. The summed E-state index contributed by atoms with van der Waals surface area (Å²) in [6.07, 6.45) is 0. The molecule has 152 valence electrons. The zero-order chi connectivity index (χ0) is 21.0. The Hall–Kier alpha value is -3.06. The summed E-state index contributed by atoms with van der Waals surface area (Å²) in [7, 11) is 0. The lowest BCUT2D eigenvalue weighted by atomic mass is 10.1. The van der Waals surface area contributed by atoms with E-state index in [1.807, 2.05) is 13.0 Å². The molecule has 0 atom stereocenters. The molecule has 2 aromatic carbocycles. The first-order chi connectivity index (χ1) is 13.9. The summed E-state index contributed by atoms with van der Waals surface area (Å²) in [6.45, 7) is 3.64. The molecule has 1 heterocycles. The van der Waals surface area contributed by atoms with E-state index >= 15 is 0 Å². The van der Waals surface area contributed by atoms with Crippen molar-refractivity contribution in [3.63, 3.8) is 0 Å². The van der Waals surface area contributed by atoms with Crippen LogP contribution in [0.15, 0.2) is 36.4 Å². The quantitative estimate of drug-likeness (QED) is 0.701. The van der Waals surface area contributed by atoms with Crippen LogP contribution in [0.3, 0.4) is 0 Å². The first-order valence-corrected chi connectivity index (χ1v) is 9.53. The number of hydrogen-bond donors (Lipinski definition) is 1. The molecule has 1 aliphatic rings. The molecule has 29 heavy (non-hydrogen) atoms. The predicted octanol–water partition coefficient (Wildman–Crippen LogP) is 2.77. The fourth-order valence-electron chi connectivity index (χ4n) is 2.89. The number of rotatable bonds is 7. The van der Waals surface area contributed by atoms with E-state index in [1.54, 1.807) is 31.2 Å². The van der Waals surface area contributed by atoms with Gasteiger partial charge in [-0.3, -0.25) is 19.3 Å². The number of amides is 2. The Morgan fingerprint density at radius 1 is 1.24 bits per heavy atom. The summed E-state index contributed by atoms with van der Waals surface area (Å²) in [5.41, 5.74) is 1.68. The van der Waals surface area contributed by atoms with Gasteiger partial charge in [0.2, 0.25) is 5.91 Å². The van der Waals surface area contributed by atoms with Crippen LogP contribution in [0.25, 0.3) is 0 Å². The third kappa shape index (κ3) is 4.86. The summed E-state index contributed by atoms with van der Waals surface area (Å²) in [5.74, 6) is -0.0669. The van der Waals surface area contributed by atoms with E-state index in [1.165, 1.54) is 11.0 Å². The molecule has 0 fully saturated rings. The maximum atomic E-state index is 12.6. The van der Waals surface area contributed by atoms with E-state index in [4.69, 9.17) is 21.1 Å². The SMILES string of the molecule is CCNC(=O)CN1C(=O)COc2ccc(C(=O)COc3cc(C)ccc3Cl)cc21. The lowest BCUT2D eigenvalue weighted by Gasteiger charge is -2.29. The fourth-order valence-corrected chi connectivity index (χ4v) is 3.07. The summed E-state index contributed by atoms with van der Waals surface area (Å²) in [5, 5.41) is 3.07. The third-order valence-corrected chi connectivity index (χ3v) is 4.66. The van der Waals surface area contributed by atoms with Crippen LogP contribution in [0, 0.1) is 6.92 Å². The number of benzene rings is 2. The van der Waals surface area contributed by atoms with Crippen LogP contribution in [0.5, 0.6) is 11.5 Å². The molecule has 0 aliphatic carbocycles. The van der Waals surface area contributed by atoms with Crippen molar-refractivity contribution in [1.82, 2.24) is 5.32 Å². The molecular weight excluding hydrogens is 396 g/mol. The Kier molecular flexibility index (Phi) is 6.39. The second-order valence-electron chi connectivity index (χ2n) is 6.55. The normalized spacial score (nSPS) is 12.8. The number of ether oxygens (including phenoxy) is 2. The number of aryl methyl sites for hydroxylation is 1. The second-order valence-corrected chi connectivity index (χ2v) is 6.96. The van der Waals surface area contributed by atoms with Gasteiger partial charge in [0, 0.05) is 12.1 Å². The zero-order valence-electron chi connectivity index (χ0n) is 16.2. The lowest BCUT2D eigenvalue weighted by Crippen LogP contribution is -2.45. The molecule has 0 unspecified atom stereocenters. The van der Waals surface area contributed by atoms with Gasteiger partial charge in [-0.05, 0) is 49.7 Å². The van der Waals surface area contributed by atoms with Crippen molar-refractivity contribution in [3.8, 4) is 11.5 Å². The molecule has 2 aromatic rings. The van der Waals surface area contributed by atoms with Gasteiger partial charge in [-0.25, -0.2) is 0 Å². The van der Waals surface area contributed by atoms with E-state index < -0.39 is 0 Å². The van der Waals surface area contributed by atoms with Crippen molar-refractivity contribution >= 4 is 34.9 Å². The zero-order valence-corrected chi connectivity index (χ0v) is 16.9. The molecule has 0 aromatic heterocycles. The van der Waals surface area contributed by atoms with E-state index in [-0.39, 0.29) is 37.4 Å². The summed E-state index contributed by atoms with van der Waals surface area (Å²) >= 11 is 6.09. The number of halogens is 1. The largest absolute Gasteiger partial charge is 0.484 e. The van der Waals surface area contributed by atoms with E-state index in [9.17, 15) is 14.4 Å². The molecule has 7 nitrogen and oxygen atoms in total. The van der Waals surface area contributed by atoms with Gasteiger partial charge in [0.25, 0.3) is 5.91 Å². The van der Waals surface area contributed by atoms with Gasteiger partial charge in [0.1, 0.15) is 18.0 Å². The molecule has 0 radical (unpaired) electrons. The highest BCUT2D eigenvalue weighted by Crippen LogP contribution is 2.33. The van der Waals surface area contributed by atoms with Gasteiger partial charge in [-0.2, -0.15) is 0 Å². The monoisotopic (exact) mass is 416 g/mol. The Bertz CT molecular complexity index is 960. The summed E-state index contributed by atoms with van der Waals surface area (Å²) in [4.78, 5) is 38.2. The van der Waals surface area contributed by atoms with Crippen molar-refractivity contribution in [3.05, 3.63) is 52.5 Å². The molecule has 8 heteroatoms. The Morgan fingerprint density at radius 3 is 2.79 bits per heavy atom. The molecule has 0 bridgehead atoms. The van der Waals surface area contributed by atoms with E-state index in [0.717, 1.165) is 5.56 Å². The maximum absolute atomic E-state index is 12.6. The summed E-state index contributed by atoms with van der Waals surface area (Å²) < 4.78 is 11.0. The van der Waals surface area contributed by atoms with Crippen LogP contribution < -0.4 is 19.7 Å². The van der Waals surface area contributed by atoms with Crippen LogP contribution in [-0.4, -0.2) is 43.9 Å². The topological polar surface area (TPSA) is 84.9 Å². The van der Waals surface area contributed by atoms with Crippen LogP contribution in [0.2, 0.25) is 5.02 Å². The van der Waals surface area contributed by atoms with Crippen LogP contribution in [-0.2, 0) is 9.59 Å². The van der Waals surface area contributed by atoms with Crippen LogP contribution >= 0.6 is 11.6 Å². The smallest absolute Gasteiger partial charge is 0.265 e. The van der Waals surface area contributed by atoms with Crippen molar-refractivity contribution in [2.75, 3.05) is 31.2 Å². The number of likely N-dealkylation sites (N-methyl/N-ethyl adjacent to an activating group) is 1. The minimum absolute atomic E-state index is 0.143. The van der Waals surface area contributed by atoms with Gasteiger partial charge < -0.3 is 14.8 Å². The first-order valence-electron chi connectivity index (χ1n) is 9.15. The average Bonchev–Trinajstić information content (AvgIpc) is 2.70. The van der Waals surface area contributed by atoms with E-state index in [0.29, 0.717) is 34.3 Å². The Morgan fingerprint density at radius 2 is 2.03 bits per heavy atom. The average molecular weight is 417 g/mol. The van der Waals surface area contributed by atoms with Crippen molar-refractivity contribution in [2.24, 2.45) is 0 Å². The number of carbonyl (C=O) groups is 3. The first kappa shape index (κ1) is 20.7. The predicted molar refractivity (Wildman–Crippen MR) is 109 cm³/mol. The molecule has 0 saturated heterocycles. The highest BCUT2D eigenvalue weighted by atomic mass is 35.5. The molecule has 0 saturated carbocycles. The number of nitrogens with zero attached hydrogens (tertiary/aromatic N) is 1. The number of carbonyl (C=O) groups excluding carboxylic acids is 3. The minimum Gasteiger partial charge on any atom is -0.484 e. The molecule has 1 N–H and O–H groups in total. The Balaban J connectivity index is 1.78. The molecule has 1 aliphatic heterocycles. The second kappa shape index (κ2) is 8.96. The molecule has 2 amide bonds. The summed E-state index contributed by atoms with van der Waals surface area (Å²) in [6, 6.07) is 10.1. The van der Waals surface area contributed by atoms with Gasteiger partial charge in [-0.1, -0.05) is 17.7 Å². The van der Waals surface area contributed by atoms with Crippen LogP contribution in [0.4, 0.5) is 5.69 Å². The molecule has 0 spiro atoms. The minimum atomic E-state index is -0.351. The van der Waals surface area contributed by atoms with E-state index in [2.05, 4.69) is 5.32 Å². The van der Waals surface area contributed by atoms with Crippen molar-refractivity contribution in [2.45, 2.75) is 13.8 Å². The standard InChI is InChI=1S/C21H21ClN2O5/c1-3-23-20(26)10-24-16-9-14(5-7-18(16)29-12-21(24)27)17(25)11-28-19-8-13(2)4-6-15(19)22/h4-9H,3,10-12H2,1-2H3,(H,23,26). The number of hydrogen-bond acceptors (Lipinski definition) is 5.